The van der Waals surface area contributed by atoms with Crippen molar-refractivity contribution in [2.75, 3.05) is 11.0 Å². The summed E-state index contributed by atoms with van der Waals surface area (Å²) >= 11 is 1.40. The molecule has 0 unspecified atom stereocenters. The number of aromatic nitrogens is 3. The molecule has 9 nitrogen and oxygen atoms in total. The molecule has 3 aromatic rings. The molecule has 0 amide bonds. The first kappa shape index (κ1) is 21.4. The van der Waals surface area contributed by atoms with Gasteiger partial charge in [-0.25, -0.2) is 18.2 Å². The second kappa shape index (κ2) is 8.75. The maximum absolute atomic E-state index is 12.5. The Kier molecular flexibility index (Phi) is 6.05. The Bertz CT molecular complexity index is 1280. The fraction of sp³-hybridized carbons (Fsp3) is 0.400. The molecule has 2 heterocycles. The molecule has 0 saturated heterocycles. The number of esters is 1. The Morgan fingerprint density at radius 2 is 2.00 bits per heavy atom. The van der Waals surface area contributed by atoms with Crippen LogP contribution in [0.1, 0.15) is 59.1 Å². The maximum atomic E-state index is 12.5. The second-order valence-corrected chi connectivity index (χ2v) is 10.3. The van der Waals surface area contributed by atoms with Gasteiger partial charge in [-0.3, -0.25) is 9.52 Å². The third-order valence-electron chi connectivity index (χ3n) is 5.06. The Hall–Kier alpha value is -2.79. The van der Waals surface area contributed by atoms with E-state index in [9.17, 15) is 18.0 Å². The summed E-state index contributed by atoms with van der Waals surface area (Å²) < 4.78 is 31.9. The smallest absolute Gasteiger partial charge is 0.340 e. The quantitative estimate of drug-likeness (QED) is 0.559. The van der Waals surface area contributed by atoms with Gasteiger partial charge in [0.05, 0.1) is 23.2 Å². The van der Waals surface area contributed by atoms with Crippen LogP contribution in [0.4, 0.5) is 5.69 Å². The van der Waals surface area contributed by atoms with E-state index in [4.69, 9.17) is 4.74 Å². The number of nitrogens with zero attached hydrogens (tertiary/aromatic N) is 3. The summed E-state index contributed by atoms with van der Waals surface area (Å²) in [5.41, 5.74) is 0.181. The number of sulfonamides is 1. The van der Waals surface area contributed by atoms with Gasteiger partial charge in [-0.1, -0.05) is 42.7 Å². The summed E-state index contributed by atoms with van der Waals surface area (Å²) in [7, 11) is -3.56. The van der Waals surface area contributed by atoms with Gasteiger partial charge in [0.25, 0.3) is 5.56 Å². The minimum atomic E-state index is -3.56. The zero-order valence-corrected chi connectivity index (χ0v) is 18.5. The summed E-state index contributed by atoms with van der Waals surface area (Å²) in [5.74, 6) is -0.360. The average molecular weight is 463 g/mol. The molecule has 2 aromatic heterocycles. The standard InChI is InChI=1S/C20H22N4O5S2/c1-31(27,28)23-16-10-6-5-9-15(16)19(26)29-12-14-11-17(25)24-20(21-14)30-18(22-24)13-7-3-2-4-8-13/h5-6,9-11,13,23H,2-4,7-8,12H2,1H3. The Morgan fingerprint density at radius 3 is 2.74 bits per heavy atom. The zero-order chi connectivity index (χ0) is 22.0. The van der Waals surface area contributed by atoms with E-state index in [0.717, 1.165) is 24.1 Å². The van der Waals surface area contributed by atoms with Crippen LogP contribution in [0.15, 0.2) is 35.1 Å². The number of anilines is 1. The number of para-hydroxylation sites is 1. The largest absolute Gasteiger partial charge is 0.456 e. The van der Waals surface area contributed by atoms with Crippen LogP contribution in [0, 0.1) is 0 Å². The topological polar surface area (TPSA) is 120 Å². The first-order chi connectivity index (χ1) is 14.8. The van der Waals surface area contributed by atoms with Crippen molar-refractivity contribution in [3.8, 4) is 0 Å². The van der Waals surface area contributed by atoms with Crippen molar-refractivity contribution in [3.63, 3.8) is 0 Å². The lowest BCUT2D eigenvalue weighted by atomic mass is 9.90. The molecule has 31 heavy (non-hydrogen) atoms. The number of carbonyl (C=O) groups excluding carboxylic acids is 1. The number of hydrogen-bond donors (Lipinski definition) is 1. The van der Waals surface area contributed by atoms with Crippen molar-refractivity contribution in [2.45, 2.75) is 44.6 Å². The van der Waals surface area contributed by atoms with Crippen molar-refractivity contribution >= 4 is 38.0 Å². The molecule has 11 heteroatoms. The van der Waals surface area contributed by atoms with Crippen molar-refractivity contribution in [3.05, 3.63) is 57.0 Å². The van der Waals surface area contributed by atoms with Crippen molar-refractivity contribution in [1.29, 1.82) is 0 Å². The zero-order valence-electron chi connectivity index (χ0n) is 16.9. The van der Waals surface area contributed by atoms with Gasteiger partial charge in [0.1, 0.15) is 11.6 Å². The van der Waals surface area contributed by atoms with Gasteiger partial charge in [-0.15, -0.1) is 0 Å². The van der Waals surface area contributed by atoms with Gasteiger partial charge >= 0.3 is 5.97 Å². The minimum absolute atomic E-state index is 0.0723. The lowest BCUT2D eigenvalue weighted by molar-refractivity contribution is 0.0469. The third kappa shape index (κ3) is 5.10. The van der Waals surface area contributed by atoms with E-state index in [-0.39, 0.29) is 23.4 Å². The highest BCUT2D eigenvalue weighted by atomic mass is 32.2. The van der Waals surface area contributed by atoms with Crippen LogP contribution in [0.3, 0.4) is 0 Å². The molecule has 1 saturated carbocycles. The fourth-order valence-electron chi connectivity index (χ4n) is 3.63. The molecule has 1 fully saturated rings. The van der Waals surface area contributed by atoms with Gasteiger partial charge in [0, 0.05) is 12.0 Å². The van der Waals surface area contributed by atoms with Crippen molar-refractivity contribution < 1.29 is 17.9 Å². The highest BCUT2D eigenvalue weighted by Gasteiger charge is 2.21. The average Bonchev–Trinajstić information content (AvgIpc) is 3.17. The Labute approximate surface area is 183 Å². The second-order valence-electron chi connectivity index (χ2n) is 7.55. The third-order valence-corrected chi connectivity index (χ3v) is 6.72. The molecule has 0 atom stereocenters. The normalized spacial score (nSPS) is 15.1. The van der Waals surface area contributed by atoms with Crippen LogP contribution in [0.2, 0.25) is 0 Å². The Morgan fingerprint density at radius 1 is 1.26 bits per heavy atom. The summed E-state index contributed by atoms with van der Waals surface area (Å²) in [6.45, 7) is -0.214. The molecule has 0 aliphatic heterocycles. The van der Waals surface area contributed by atoms with E-state index >= 15 is 0 Å². The van der Waals surface area contributed by atoms with Gasteiger partial charge in [0.15, 0.2) is 0 Å². The van der Waals surface area contributed by atoms with Gasteiger partial charge in [0.2, 0.25) is 15.0 Å². The number of fused-ring (bicyclic) bond motifs is 1. The molecular formula is C20H22N4O5S2. The maximum Gasteiger partial charge on any atom is 0.340 e. The number of benzene rings is 1. The van der Waals surface area contributed by atoms with Crippen LogP contribution < -0.4 is 10.3 Å². The van der Waals surface area contributed by atoms with Crippen LogP contribution in [0.25, 0.3) is 4.96 Å². The van der Waals surface area contributed by atoms with Crippen LogP contribution >= 0.6 is 11.3 Å². The van der Waals surface area contributed by atoms with Crippen molar-refractivity contribution in [1.82, 2.24) is 14.6 Å². The van der Waals surface area contributed by atoms with E-state index in [1.165, 1.54) is 53.3 Å². The monoisotopic (exact) mass is 462 g/mol. The van der Waals surface area contributed by atoms with Gasteiger partial charge < -0.3 is 4.74 Å². The molecule has 4 rings (SSSR count). The number of nitrogens with one attached hydrogen (secondary N) is 1. The lowest BCUT2D eigenvalue weighted by Crippen LogP contribution is -2.18. The molecule has 0 bridgehead atoms. The molecule has 1 aromatic carbocycles. The van der Waals surface area contributed by atoms with Gasteiger partial charge in [-0.05, 0) is 25.0 Å². The molecule has 0 radical (unpaired) electrons. The minimum Gasteiger partial charge on any atom is -0.456 e. The van der Waals surface area contributed by atoms with E-state index in [0.29, 0.717) is 16.6 Å². The van der Waals surface area contributed by atoms with E-state index in [2.05, 4.69) is 14.8 Å². The van der Waals surface area contributed by atoms with E-state index < -0.39 is 16.0 Å². The van der Waals surface area contributed by atoms with Gasteiger partial charge in [-0.2, -0.15) is 9.61 Å². The number of carbonyl (C=O) groups is 1. The summed E-state index contributed by atoms with van der Waals surface area (Å²) in [6, 6.07) is 7.43. The van der Waals surface area contributed by atoms with Crippen LogP contribution in [-0.2, 0) is 21.4 Å². The number of ether oxygens (including phenoxy) is 1. The van der Waals surface area contributed by atoms with E-state index in [1.807, 2.05) is 0 Å². The lowest BCUT2D eigenvalue weighted by Gasteiger charge is -2.18. The summed E-state index contributed by atoms with van der Waals surface area (Å²) in [5, 5.41) is 5.37. The molecule has 1 aliphatic rings. The highest BCUT2D eigenvalue weighted by Crippen LogP contribution is 2.34. The van der Waals surface area contributed by atoms with Crippen LogP contribution in [-0.4, -0.2) is 35.2 Å². The molecule has 1 N–H and O–H groups in total. The fourth-order valence-corrected chi connectivity index (χ4v) is 5.30. The summed E-state index contributed by atoms with van der Waals surface area (Å²) in [4.78, 5) is 29.9. The first-order valence-electron chi connectivity index (χ1n) is 9.94. The SMILES string of the molecule is CS(=O)(=O)Nc1ccccc1C(=O)OCc1cc(=O)n2nc(C3CCCCC3)sc2n1. The summed E-state index contributed by atoms with van der Waals surface area (Å²) in [6.07, 6.45) is 6.70. The van der Waals surface area contributed by atoms with Crippen molar-refractivity contribution in [2.24, 2.45) is 0 Å². The first-order valence-corrected chi connectivity index (χ1v) is 12.6. The molecule has 164 valence electrons. The van der Waals surface area contributed by atoms with Crippen LogP contribution in [0.5, 0.6) is 0 Å². The highest BCUT2D eigenvalue weighted by molar-refractivity contribution is 7.92. The molecule has 1 aliphatic carbocycles. The molecule has 0 spiro atoms. The number of hydrogen-bond acceptors (Lipinski definition) is 8. The van der Waals surface area contributed by atoms with E-state index in [1.54, 1.807) is 12.1 Å². The predicted octanol–water partition coefficient (Wildman–Crippen LogP) is 2.93. The number of rotatable bonds is 6. The molecular weight excluding hydrogens is 440 g/mol. The Balaban J connectivity index is 1.52. The predicted molar refractivity (Wildman–Crippen MR) is 117 cm³/mol.